The molecule has 2 heterocycles. The van der Waals surface area contributed by atoms with Crippen molar-refractivity contribution in [2.24, 2.45) is 0 Å². The Hall–Kier alpha value is -0.160. The molecule has 0 aliphatic carbocycles. The van der Waals surface area contributed by atoms with Crippen molar-refractivity contribution in [2.75, 3.05) is 40.3 Å². The molecular formula is C10H22N4. The van der Waals surface area contributed by atoms with Crippen LogP contribution in [0.25, 0.3) is 0 Å². The molecule has 0 aromatic carbocycles. The van der Waals surface area contributed by atoms with E-state index in [-0.39, 0.29) is 0 Å². The Morgan fingerprint density at radius 1 is 1.07 bits per heavy atom. The fraction of sp³-hybridized carbons (Fsp3) is 1.00. The molecule has 4 nitrogen and oxygen atoms in total. The third-order valence-electron chi connectivity index (χ3n) is 3.62. The van der Waals surface area contributed by atoms with E-state index >= 15 is 0 Å². The van der Waals surface area contributed by atoms with Crippen molar-refractivity contribution in [3.05, 3.63) is 0 Å². The lowest BCUT2D eigenvalue weighted by atomic mass is 10.2. The van der Waals surface area contributed by atoms with E-state index in [1.54, 1.807) is 0 Å². The number of likely N-dealkylation sites (tertiary alicyclic amines) is 1. The first-order valence-corrected chi connectivity index (χ1v) is 5.67. The zero-order valence-electron chi connectivity index (χ0n) is 9.29. The Morgan fingerprint density at radius 3 is 2.50 bits per heavy atom. The van der Waals surface area contributed by atoms with Crippen LogP contribution in [0.1, 0.15) is 12.8 Å². The fourth-order valence-electron chi connectivity index (χ4n) is 2.60. The molecule has 4 heteroatoms. The topological polar surface area (TPSA) is 30.5 Å². The Labute approximate surface area is 86.6 Å². The molecule has 2 fully saturated rings. The first kappa shape index (κ1) is 10.4. The SMILES string of the molecule is CNC1CCN(C2CCN(NC)C2)C1. The minimum atomic E-state index is 0.721. The summed E-state index contributed by atoms with van der Waals surface area (Å²) in [5.74, 6) is 0. The molecule has 0 radical (unpaired) electrons. The Balaban J connectivity index is 1.80. The summed E-state index contributed by atoms with van der Waals surface area (Å²) in [6.45, 7) is 4.89. The number of nitrogens with one attached hydrogen (secondary N) is 2. The minimum Gasteiger partial charge on any atom is -0.316 e. The molecule has 0 spiro atoms. The van der Waals surface area contributed by atoms with Gasteiger partial charge in [0.15, 0.2) is 0 Å². The van der Waals surface area contributed by atoms with E-state index in [1.807, 2.05) is 7.05 Å². The third kappa shape index (κ3) is 2.08. The van der Waals surface area contributed by atoms with Gasteiger partial charge in [0.2, 0.25) is 0 Å². The molecule has 0 aromatic rings. The number of hydrogen-bond acceptors (Lipinski definition) is 4. The van der Waals surface area contributed by atoms with Gasteiger partial charge in [0.1, 0.15) is 0 Å². The molecular weight excluding hydrogens is 176 g/mol. The maximum Gasteiger partial charge on any atom is 0.0287 e. The van der Waals surface area contributed by atoms with Crippen molar-refractivity contribution >= 4 is 0 Å². The lowest BCUT2D eigenvalue weighted by Gasteiger charge is -2.24. The maximum absolute atomic E-state index is 3.37. The number of rotatable bonds is 3. The highest BCUT2D eigenvalue weighted by Crippen LogP contribution is 2.19. The first-order chi connectivity index (χ1) is 6.83. The smallest absolute Gasteiger partial charge is 0.0287 e. The molecule has 82 valence electrons. The summed E-state index contributed by atoms with van der Waals surface area (Å²) >= 11 is 0. The van der Waals surface area contributed by atoms with Gasteiger partial charge >= 0.3 is 0 Å². The summed E-state index contributed by atoms with van der Waals surface area (Å²) in [4.78, 5) is 2.64. The van der Waals surface area contributed by atoms with E-state index in [4.69, 9.17) is 0 Å². The molecule has 0 aromatic heterocycles. The van der Waals surface area contributed by atoms with Gasteiger partial charge < -0.3 is 5.32 Å². The van der Waals surface area contributed by atoms with Gasteiger partial charge in [-0.1, -0.05) is 0 Å². The monoisotopic (exact) mass is 198 g/mol. The summed E-state index contributed by atoms with van der Waals surface area (Å²) in [6, 6.07) is 1.50. The van der Waals surface area contributed by atoms with Gasteiger partial charge in [-0.2, -0.15) is 0 Å². The predicted molar refractivity (Wildman–Crippen MR) is 58.1 cm³/mol. The Kier molecular flexibility index (Phi) is 3.38. The van der Waals surface area contributed by atoms with Crippen LogP contribution in [-0.4, -0.2) is 62.3 Å². The average molecular weight is 198 g/mol. The van der Waals surface area contributed by atoms with Crippen molar-refractivity contribution in [2.45, 2.75) is 24.9 Å². The zero-order valence-corrected chi connectivity index (χ0v) is 9.29. The van der Waals surface area contributed by atoms with Crippen LogP contribution in [0.5, 0.6) is 0 Å². The second-order valence-electron chi connectivity index (χ2n) is 4.38. The van der Waals surface area contributed by atoms with Crippen LogP contribution in [0.2, 0.25) is 0 Å². The minimum absolute atomic E-state index is 0.721. The van der Waals surface area contributed by atoms with E-state index < -0.39 is 0 Å². The van der Waals surface area contributed by atoms with Crippen molar-refractivity contribution in [1.82, 2.24) is 20.7 Å². The Morgan fingerprint density at radius 2 is 1.93 bits per heavy atom. The normalized spacial score (nSPS) is 35.6. The van der Waals surface area contributed by atoms with Crippen LogP contribution in [0.3, 0.4) is 0 Å². The molecule has 2 aliphatic rings. The maximum atomic E-state index is 3.37. The van der Waals surface area contributed by atoms with E-state index in [2.05, 4.69) is 27.7 Å². The zero-order chi connectivity index (χ0) is 9.97. The van der Waals surface area contributed by atoms with Crippen molar-refractivity contribution in [3.8, 4) is 0 Å². The molecule has 0 saturated carbocycles. The average Bonchev–Trinajstić information content (AvgIpc) is 2.86. The van der Waals surface area contributed by atoms with E-state index in [0.29, 0.717) is 0 Å². The van der Waals surface area contributed by atoms with Crippen LogP contribution in [0.4, 0.5) is 0 Å². The number of hydrazine groups is 1. The van der Waals surface area contributed by atoms with Gasteiger partial charge in [0.25, 0.3) is 0 Å². The van der Waals surface area contributed by atoms with E-state index in [9.17, 15) is 0 Å². The van der Waals surface area contributed by atoms with Crippen LogP contribution < -0.4 is 10.7 Å². The van der Waals surface area contributed by atoms with Crippen molar-refractivity contribution in [3.63, 3.8) is 0 Å². The number of nitrogens with zero attached hydrogens (tertiary/aromatic N) is 2. The standard InChI is InChI=1S/C10H22N4/c1-11-9-3-5-13(7-9)10-4-6-14(8-10)12-2/h9-12H,3-8H2,1-2H3. The predicted octanol–water partition coefficient (Wildman–Crippen LogP) is -0.511. The molecule has 0 amide bonds. The number of hydrogen-bond donors (Lipinski definition) is 2. The van der Waals surface area contributed by atoms with Crippen LogP contribution in [-0.2, 0) is 0 Å². The summed E-state index contributed by atoms with van der Waals surface area (Å²) in [6.07, 6.45) is 2.63. The summed E-state index contributed by atoms with van der Waals surface area (Å²) in [5, 5.41) is 5.69. The van der Waals surface area contributed by atoms with Crippen molar-refractivity contribution in [1.29, 1.82) is 0 Å². The molecule has 2 rings (SSSR count). The number of likely N-dealkylation sites (N-methyl/N-ethyl adjacent to an activating group) is 1. The van der Waals surface area contributed by atoms with E-state index in [1.165, 1.54) is 39.0 Å². The summed E-state index contributed by atoms with van der Waals surface area (Å²) in [7, 11) is 4.09. The van der Waals surface area contributed by atoms with Gasteiger partial charge in [-0.25, -0.2) is 5.01 Å². The molecule has 0 bridgehead atoms. The molecule has 2 N–H and O–H groups in total. The second kappa shape index (κ2) is 4.57. The fourth-order valence-corrected chi connectivity index (χ4v) is 2.60. The highest BCUT2D eigenvalue weighted by Gasteiger charge is 2.31. The molecule has 2 saturated heterocycles. The van der Waals surface area contributed by atoms with Crippen molar-refractivity contribution < 1.29 is 0 Å². The van der Waals surface area contributed by atoms with Gasteiger partial charge in [-0.05, 0) is 26.9 Å². The highest BCUT2D eigenvalue weighted by atomic mass is 15.5. The van der Waals surface area contributed by atoms with Crippen LogP contribution in [0, 0.1) is 0 Å². The molecule has 2 aliphatic heterocycles. The molecule has 2 atom stereocenters. The second-order valence-corrected chi connectivity index (χ2v) is 4.38. The Bertz CT molecular complexity index is 165. The van der Waals surface area contributed by atoms with Gasteiger partial charge in [0.05, 0.1) is 0 Å². The van der Waals surface area contributed by atoms with Crippen LogP contribution in [0.15, 0.2) is 0 Å². The van der Waals surface area contributed by atoms with E-state index in [0.717, 1.165) is 12.1 Å². The summed E-state index contributed by atoms with van der Waals surface area (Å²) < 4.78 is 0. The summed E-state index contributed by atoms with van der Waals surface area (Å²) in [5.41, 5.74) is 3.23. The van der Waals surface area contributed by atoms with Crippen LogP contribution >= 0.6 is 0 Å². The lowest BCUT2D eigenvalue weighted by Crippen LogP contribution is -2.40. The third-order valence-corrected chi connectivity index (χ3v) is 3.62. The van der Waals surface area contributed by atoms with Gasteiger partial charge in [-0.3, -0.25) is 10.3 Å². The van der Waals surface area contributed by atoms with Gasteiger partial charge in [-0.15, -0.1) is 0 Å². The van der Waals surface area contributed by atoms with Gasteiger partial charge in [0, 0.05) is 38.3 Å². The largest absolute Gasteiger partial charge is 0.316 e. The lowest BCUT2D eigenvalue weighted by molar-refractivity contribution is 0.204. The first-order valence-electron chi connectivity index (χ1n) is 5.67. The molecule has 14 heavy (non-hydrogen) atoms. The quantitative estimate of drug-likeness (QED) is 0.639. The highest BCUT2D eigenvalue weighted by molar-refractivity contribution is 4.88. The molecule has 2 unspecified atom stereocenters.